The molecule has 1 heterocycles. The Morgan fingerprint density at radius 2 is 1.92 bits per heavy atom. The lowest BCUT2D eigenvalue weighted by Crippen LogP contribution is -2.31. The number of ether oxygens (including phenoxy) is 1. The molecule has 0 radical (unpaired) electrons. The lowest BCUT2D eigenvalue weighted by Gasteiger charge is -2.27. The quantitative estimate of drug-likeness (QED) is 0.595. The Balaban J connectivity index is 1.84. The Kier molecular flexibility index (Phi) is 4.67. The van der Waals surface area contributed by atoms with E-state index in [4.69, 9.17) is 15.6 Å². The number of anilines is 2. The van der Waals surface area contributed by atoms with E-state index in [1.54, 1.807) is 12.3 Å². The molecule has 0 aliphatic rings. The maximum absolute atomic E-state index is 10.8. The van der Waals surface area contributed by atoms with Crippen LogP contribution >= 0.6 is 0 Å². The van der Waals surface area contributed by atoms with Gasteiger partial charge in [0.25, 0.3) is 0 Å². The van der Waals surface area contributed by atoms with Crippen molar-refractivity contribution in [2.75, 3.05) is 11.1 Å². The molecule has 6 heteroatoms. The number of benzene rings is 2. The van der Waals surface area contributed by atoms with Gasteiger partial charge in [-0.15, -0.1) is 0 Å². The van der Waals surface area contributed by atoms with Gasteiger partial charge in [0.15, 0.2) is 0 Å². The first kappa shape index (κ1) is 17.5. The fourth-order valence-corrected chi connectivity index (χ4v) is 2.97. The Morgan fingerprint density at radius 1 is 1.19 bits per heavy atom. The molecule has 6 nitrogen and oxygen atoms in total. The van der Waals surface area contributed by atoms with Crippen LogP contribution in [0.2, 0.25) is 0 Å². The predicted molar refractivity (Wildman–Crippen MR) is 103 cm³/mol. The first-order chi connectivity index (χ1) is 12.3. The SMILES string of the molecule is CC(C)(Cc1ccnc(NC(=O)O)c1)Oc1ccc(N)c2ccccc12. The standard InChI is InChI=1S/C20H21N3O3/c1-20(2,12-13-9-10-22-18(11-13)23-19(24)25)26-17-8-7-16(21)14-5-3-4-6-15(14)17/h3-11H,12,21H2,1-2H3,(H,22,23)(H,24,25). The van der Waals surface area contributed by atoms with Gasteiger partial charge in [0.1, 0.15) is 17.2 Å². The summed E-state index contributed by atoms with van der Waals surface area (Å²) < 4.78 is 6.28. The molecular formula is C20H21N3O3. The third-order valence-corrected chi connectivity index (χ3v) is 3.99. The molecule has 0 bridgehead atoms. The number of hydrogen-bond donors (Lipinski definition) is 3. The van der Waals surface area contributed by atoms with Gasteiger partial charge in [-0.25, -0.2) is 9.78 Å². The van der Waals surface area contributed by atoms with Crippen molar-refractivity contribution in [2.45, 2.75) is 25.9 Å². The number of carboxylic acid groups (broad SMARTS) is 1. The minimum absolute atomic E-state index is 0.295. The number of rotatable bonds is 5. The van der Waals surface area contributed by atoms with Crippen molar-refractivity contribution in [2.24, 2.45) is 0 Å². The molecule has 4 N–H and O–H groups in total. The summed E-state index contributed by atoms with van der Waals surface area (Å²) in [6.45, 7) is 3.98. The molecule has 0 saturated heterocycles. The van der Waals surface area contributed by atoms with Gasteiger partial charge in [0, 0.05) is 29.1 Å². The summed E-state index contributed by atoms with van der Waals surface area (Å²) in [5.41, 5.74) is 7.18. The minimum Gasteiger partial charge on any atom is -0.487 e. The van der Waals surface area contributed by atoms with Crippen molar-refractivity contribution in [3.63, 3.8) is 0 Å². The monoisotopic (exact) mass is 351 g/mol. The van der Waals surface area contributed by atoms with Gasteiger partial charge in [-0.1, -0.05) is 24.3 Å². The average Bonchev–Trinajstić information content (AvgIpc) is 2.57. The molecule has 134 valence electrons. The van der Waals surface area contributed by atoms with E-state index in [-0.39, 0.29) is 0 Å². The van der Waals surface area contributed by atoms with Crippen LogP contribution < -0.4 is 15.8 Å². The van der Waals surface area contributed by atoms with E-state index in [2.05, 4.69) is 10.3 Å². The zero-order chi connectivity index (χ0) is 18.7. The maximum atomic E-state index is 10.8. The number of hydrogen-bond acceptors (Lipinski definition) is 4. The lowest BCUT2D eigenvalue weighted by molar-refractivity contribution is 0.112. The molecule has 0 saturated carbocycles. The van der Waals surface area contributed by atoms with Crippen LogP contribution in [0.1, 0.15) is 19.4 Å². The number of nitrogens with two attached hydrogens (primary N) is 1. The van der Waals surface area contributed by atoms with Crippen LogP contribution in [0.4, 0.5) is 16.3 Å². The molecule has 0 fully saturated rings. The molecule has 26 heavy (non-hydrogen) atoms. The summed E-state index contributed by atoms with van der Waals surface area (Å²) in [5.74, 6) is 1.06. The van der Waals surface area contributed by atoms with Crippen molar-refractivity contribution in [3.05, 3.63) is 60.3 Å². The van der Waals surface area contributed by atoms with E-state index in [0.29, 0.717) is 17.9 Å². The molecule has 0 spiro atoms. The van der Waals surface area contributed by atoms with Gasteiger partial charge in [-0.05, 0) is 43.7 Å². The van der Waals surface area contributed by atoms with Crippen LogP contribution in [-0.4, -0.2) is 21.8 Å². The van der Waals surface area contributed by atoms with Gasteiger partial charge in [0.05, 0.1) is 0 Å². The van der Waals surface area contributed by atoms with Crippen LogP contribution in [0, 0.1) is 0 Å². The van der Waals surface area contributed by atoms with E-state index >= 15 is 0 Å². The summed E-state index contributed by atoms with van der Waals surface area (Å²) in [6.07, 6.45) is 1.02. The topological polar surface area (TPSA) is 97.5 Å². The molecule has 0 atom stereocenters. The van der Waals surface area contributed by atoms with Crippen LogP contribution in [0.5, 0.6) is 5.75 Å². The molecule has 3 rings (SSSR count). The van der Waals surface area contributed by atoms with E-state index in [1.165, 1.54) is 0 Å². The zero-order valence-electron chi connectivity index (χ0n) is 14.7. The number of carbonyl (C=O) groups is 1. The molecule has 0 aliphatic heterocycles. The first-order valence-electron chi connectivity index (χ1n) is 8.25. The number of nitrogens with zero attached hydrogens (tertiary/aromatic N) is 1. The Morgan fingerprint density at radius 3 is 2.65 bits per heavy atom. The van der Waals surface area contributed by atoms with Gasteiger partial charge < -0.3 is 15.6 Å². The third kappa shape index (κ3) is 4.03. The summed E-state index contributed by atoms with van der Waals surface area (Å²) in [4.78, 5) is 14.8. The van der Waals surface area contributed by atoms with Crippen molar-refractivity contribution in [1.82, 2.24) is 4.98 Å². The number of nitrogen functional groups attached to an aromatic ring is 1. The minimum atomic E-state index is -1.14. The molecule has 1 aromatic heterocycles. The highest BCUT2D eigenvalue weighted by Crippen LogP contribution is 2.33. The zero-order valence-corrected chi connectivity index (χ0v) is 14.7. The molecule has 2 aromatic carbocycles. The highest BCUT2D eigenvalue weighted by molar-refractivity contribution is 5.97. The third-order valence-electron chi connectivity index (χ3n) is 3.99. The first-order valence-corrected chi connectivity index (χ1v) is 8.25. The average molecular weight is 351 g/mol. The van der Waals surface area contributed by atoms with Gasteiger partial charge in [0.2, 0.25) is 0 Å². The summed E-state index contributed by atoms with van der Waals surface area (Å²) in [6, 6.07) is 15.1. The van der Waals surface area contributed by atoms with Crippen molar-refractivity contribution in [1.29, 1.82) is 0 Å². The number of nitrogens with one attached hydrogen (secondary N) is 1. The van der Waals surface area contributed by atoms with Crippen LogP contribution in [-0.2, 0) is 6.42 Å². The Bertz CT molecular complexity index is 954. The van der Waals surface area contributed by atoms with Gasteiger partial charge in [-0.3, -0.25) is 5.32 Å². The highest BCUT2D eigenvalue weighted by Gasteiger charge is 2.22. The largest absolute Gasteiger partial charge is 0.487 e. The summed E-state index contributed by atoms with van der Waals surface area (Å²) in [5, 5.41) is 13.0. The predicted octanol–water partition coefficient (Wildman–Crippen LogP) is 4.31. The highest BCUT2D eigenvalue weighted by atomic mass is 16.5. The van der Waals surface area contributed by atoms with Gasteiger partial charge in [-0.2, -0.15) is 0 Å². The fourth-order valence-electron chi connectivity index (χ4n) is 2.97. The van der Waals surface area contributed by atoms with Gasteiger partial charge >= 0.3 is 6.09 Å². The van der Waals surface area contributed by atoms with Crippen molar-refractivity contribution >= 4 is 28.4 Å². The van der Waals surface area contributed by atoms with E-state index < -0.39 is 11.7 Å². The Hall–Kier alpha value is -3.28. The summed E-state index contributed by atoms with van der Waals surface area (Å²) in [7, 11) is 0. The van der Waals surface area contributed by atoms with Crippen molar-refractivity contribution < 1.29 is 14.6 Å². The lowest BCUT2D eigenvalue weighted by atomic mass is 9.98. The second kappa shape index (κ2) is 6.92. The number of fused-ring (bicyclic) bond motifs is 1. The molecule has 3 aromatic rings. The maximum Gasteiger partial charge on any atom is 0.410 e. The summed E-state index contributed by atoms with van der Waals surface area (Å²) >= 11 is 0. The second-order valence-electron chi connectivity index (χ2n) is 6.72. The van der Waals surface area contributed by atoms with Crippen LogP contribution in [0.15, 0.2) is 54.7 Å². The Labute approximate surface area is 151 Å². The second-order valence-corrected chi connectivity index (χ2v) is 6.72. The fraction of sp³-hybridized carbons (Fsp3) is 0.200. The molecule has 0 aliphatic carbocycles. The van der Waals surface area contributed by atoms with E-state index in [0.717, 1.165) is 22.1 Å². The number of amides is 1. The van der Waals surface area contributed by atoms with E-state index in [1.807, 2.05) is 56.3 Å². The number of aromatic nitrogens is 1. The smallest absolute Gasteiger partial charge is 0.410 e. The molecule has 1 amide bonds. The molecule has 0 unspecified atom stereocenters. The van der Waals surface area contributed by atoms with E-state index in [9.17, 15) is 4.79 Å². The van der Waals surface area contributed by atoms with Crippen molar-refractivity contribution in [3.8, 4) is 5.75 Å². The number of pyridine rings is 1. The van der Waals surface area contributed by atoms with Crippen LogP contribution in [0.3, 0.4) is 0 Å². The van der Waals surface area contributed by atoms with Crippen LogP contribution in [0.25, 0.3) is 10.8 Å². The normalized spacial score (nSPS) is 11.3. The molecular weight excluding hydrogens is 330 g/mol.